The molecule has 166 valence electrons. The van der Waals surface area contributed by atoms with Crippen LogP contribution in [0.1, 0.15) is 23.9 Å². The van der Waals surface area contributed by atoms with Gasteiger partial charge in [0.25, 0.3) is 0 Å². The molecule has 0 spiro atoms. The first-order valence-electron chi connectivity index (χ1n) is 10.5. The Kier molecular flexibility index (Phi) is 9.57. The molecule has 0 saturated carbocycles. The quantitative estimate of drug-likeness (QED) is 0.345. The zero-order chi connectivity index (χ0) is 20.8. The van der Waals surface area contributed by atoms with E-state index in [1.807, 2.05) is 18.7 Å². The Bertz CT molecular complexity index is 825. The van der Waals surface area contributed by atoms with Crippen LogP contribution in [-0.2, 0) is 6.54 Å². The SMILES string of the molecule is CN=C(NCc1ccccc1-n1nc(C)cc1C)NCC(C)N1CCN(C)CC1.I. The highest BCUT2D eigenvalue weighted by Crippen LogP contribution is 2.16. The monoisotopic (exact) mass is 525 g/mol. The van der Waals surface area contributed by atoms with Crippen molar-refractivity contribution in [3.63, 3.8) is 0 Å². The number of aryl methyl sites for hydroxylation is 2. The van der Waals surface area contributed by atoms with Gasteiger partial charge in [-0.3, -0.25) is 9.89 Å². The third kappa shape index (κ3) is 6.42. The summed E-state index contributed by atoms with van der Waals surface area (Å²) in [7, 11) is 4.01. The van der Waals surface area contributed by atoms with Crippen molar-refractivity contribution in [2.45, 2.75) is 33.4 Å². The average molecular weight is 525 g/mol. The van der Waals surface area contributed by atoms with Gasteiger partial charge in [-0.05, 0) is 45.5 Å². The van der Waals surface area contributed by atoms with E-state index in [0.717, 1.165) is 55.8 Å². The van der Waals surface area contributed by atoms with E-state index < -0.39 is 0 Å². The molecule has 0 aliphatic carbocycles. The fourth-order valence-electron chi connectivity index (χ4n) is 3.78. The van der Waals surface area contributed by atoms with Gasteiger partial charge >= 0.3 is 0 Å². The number of nitrogens with one attached hydrogen (secondary N) is 2. The molecule has 0 amide bonds. The number of likely N-dealkylation sites (N-methyl/N-ethyl adjacent to an activating group) is 1. The van der Waals surface area contributed by atoms with Gasteiger partial charge in [-0.15, -0.1) is 24.0 Å². The molecule has 1 aliphatic rings. The van der Waals surface area contributed by atoms with Gasteiger partial charge in [-0.25, -0.2) is 4.68 Å². The third-order valence-electron chi connectivity index (χ3n) is 5.63. The molecule has 1 aromatic heterocycles. The molecular weight excluding hydrogens is 489 g/mol. The fourth-order valence-corrected chi connectivity index (χ4v) is 3.78. The Morgan fingerprint density at radius 1 is 1.13 bits per heavy atom. The molecule has 1 fully saturated rings. The van der Waals surface area contributed by atoms with E-state index in [2.05, 4.69) is 81.8 Å². The van der Waals surface area contributed by atoms with Crippen LogP contribution in [0.15, 0.2) is 35.3 Å². The number of piperazine rings is 1. The van der Waals surface area contributed by atoms with E-state index in [-0.39, 0.29) is 24.0 Å². The van der Waals surface area contributed by atoms with Crippen molar-refractivity contribution in [1.82, 2.24) is 30.2 Å². The van der Waals surface area contributed by atoms with Crippen LogP contribution in [0.3, 0.4) is 0 Å². The number of rotatable bonds is 6. The summed E-state index contributed by atoms with van der Waals surface area (Å²) < 4.78 is 2.01. The van der Waals surface area contributed by atoms with Gasteiger partial charge in [0.1, 0.15) is 0 Å². The molecule has 7 nitrogen and oxygen atoms in total. The van der Waals surface area contributed by atoms with Crippen molar-refractivity contribution in [2.24, 2.45) is 4.99 Å². The fraction of sp³-hybridized carbons (Fsp3) is 0.545. The molecule has 2 heterocycles. The molecule has 30 heavy (non-hydrogen) atoms. The minimum atomic E-state index is 0. The minimum Gasteiger partial charge on any atom is -0.355 e. The Balaban J connectivity index is 0.00000320. The summed E-state index contributed by atoms with van der Waals surface area (Å²) in [5.74, 6) is 0.828. The molecule has 3 rings (SSSR count). The number of benzene rings is 1. The van der Waals surface area contributed by atoms with Gasteiger partial charge in [0.2, 0.25) is 0 Å². The molecule has 1 aliphatic heterocycles. The van der Waals surface area contributed by atoms with Crippen LogP contribution in [-0.4, -0.2) is 78.4 Å². The lowest BCUT2D eigenvalue weighted by molar-refractivity contribution is 0.120. The normalized spacial score (nSPS) is 16.8. The summed E-state index contributed by atoms with van der Waals surface area (Å²) in [6.45, 7) is 12.5. The number of aromatic nitrogens is 2. The van der Waals surface area contributed by atoms with E-state index >= 15 is 0 Å². The van der Waals surface area contributed by atoms with E-state index in [4.69, 9.17) is 0 Å². The van der Waals surface area contributed by atoms with E-state index in [1.54, 1.807) is 0 Å². The summed E-state index contributed by atoms with van der Waals surface area (Å²) in [5, 5.41) is 11.6. The lowest BCUT2D eigenvalue weighted by Crippen LogP contribution is -2.52. The largest absolute Gasteiger partial charge is 0.355 e. The van der Waals surface area contributed by atoms with E-state index in [1.165, 1.54) is 5.56 Å². The van der Waals surface area contributed by atoms with Crippen LogP contribution < -0.4 is 10.6 Å². The van der Waals surface area contributed by atoms with E-state index in [0.29, 0.717) is 12.6 Å². The predicted molar refractivity (Wildman–Crippen MR) is 135 cm³/mol. The van der Waals surface area contributed by atoms with Crippen LogP contribution in [0.25, 0.3) is 5.69 Å². The number of hydrogen-bond donors (Lipinski definition) is 2. The highest BCUT2D eigenvalue weighted by molar-refractivity contribution is 14.0. The number of para-hydroxylation sites is 1. The Morgan fingerprint density at radius 3 is 2.47 bits per heavy atom. The molecule has 8 heteroatoms. The molecule has 2 aromatic rings. The second-order valence-electron chi connectivity index (χ2n) is 7.96. The second kappa shape index (κ2) is 11.7. The zero-order valence-electron chi connectivity index (χ0n) is 18.9. The standard InChI is InChI=1S/C22H35N7.HI/c1-17-14-18(2)29(26-17)21-9-7-6-8-20(21)16-25-22(23-4)24-15-19(3)28-12-10-27(5)11-13-28;/h6-9,14,19H,10-13,15-16H2,1-5H3,(H2,23,24,25);1H. The average Bonchev–Trinajstić information content (AvgIpc) is 3.06. The van der Waals surface area contributed by atoms with Crippen molar-refractivity contribution >= 4 is 29.9 Å². The second-order valence-corrected chi connectivity index (χ2v) is 7.96. The van der Waals surface area contributed by atoms with Gasteiger partial charge < -0.3 is 15.5 Å². The van der Waals surface area contributed by atoms with Gasteiger partial charge in [0, 0.05) is 58.1 Å². The van der Waals surface area contributed by atoms with Crippen molar-refractivity contribution in [1.29, 1.82) is 0 Å². The van der Waals surface area contributed by atoms with Crippen molar-refractivity contribution in [3.05, 3.63) is 47.3 Å². The lowest BCUT2D eigenvalue weighted by Gasteiger charge is -2.36. The number of guanidine groups is 1. The molecule has 0 radical (unpaired) electrons. The lowest BCUT2D eigenvalue weighted by atomic mass is 10.1. The maximum Gasteiger partial charge on any atom is 0.191 e. The first-order valence-corrected chi connectivity index (χ1v) is 10.5. The first kappa shape index (κ1) is 24.6. The first-order chi connectivity index (χ1) is 14.0. The Hall–Kier alpha value is -1.65. The van der Waals surface area contributed by atoms with Crippen LogP contribution in [0.4, 0.5) is 0 Å². The summed E-state index contributed by atoms with van der Waals surface area (Å²) in [4.78, 5) is 9.33. The maximum atomic E-state index is 4.64. The molecule has 1 atom stereocenters. The molecular formula is C22H36IN7. The van der Waals surface area contributed by atoms with Crippen LogP contribution in [0.2, 0.25) is 0 Å². The highest BCUT2D eigenvalue weighted by Gasteiger charge is 2.19. The number of nitrogens with zero attached hydrogens (tertiary/aromatic N) is 5. The number of halogens is 1. The zero-order valence-corrected chi connectivity index (χ0v) is 21.2. The van der Waals surface area contributed by atoms with E-state index in [9.17, 15) is 0 Å². The molecule has 2 N–H and O–H groups in total. The summed E-state index contributed by atoms with van der Waals surface area (Å²) in [5.41, 5.74) is 4.46. The molecule has 1 aromatic carbocycles. The Morgan fingerprint density at radius 2 is 1.83 bits per heavy atom. The Labute approximate surface area is 197 Å². The summed E-state index contributed by atoms with van der Waals surface area (Å²) in [6.07, 6.45) is 0. The smallest absolute Gasteiger partial charge is 0.191 e. The van der Waals surface area contributed by atoms with Gasteiger partial charge in [0.15, 0.2) is 5.96 Å². The highest BCUT2D eigenvalue weighted by atomic mass is 127. The molecule has 0 bridgehead atoms. The van der Waals surface area contributed by atoms with Crippen LogP contribution in [0, 0.1) is 13.8 Å². The summed E-state index contributed by atoms with van der Waals surface area (Å²) >= 11 is 0. The van der Waals surface area contributed by atoms with Gasteiger partial charge in [0.05, 0.1) is 11.4 Å². The van der Waals surface area contributed by atoms with Crippen molar-refractivity contribution < 1.29 is 0 Å². The summed E-state index contributed by atoms with van der Waals surface area (Å²) in [6, 6.07) is 11.0. The number of aliphatic imine (C=N–C) groups is 1. The van der Waals surface area contributed by atoms with Crippen LogP contribution in [0.5, 0.6) is 0 Å². The van der Waals surface area contributed by atoms with Gasteiger partial charge in [-0.2, -0.15) is 5.10 Å². The molecule has 1 saturated heterocycles. The number of hydrogen-bond acceptors (Lipinski definition) is 4. The predicted octanol–water partition coefficient (Wildman–Crippen LogP) is 2.41. The maximum absolute atomic E-state index is 4.64. The van der Waals surface area contributed by atoms with Gasteiger partial charge in [-0.1, -0.05) is 18.2 Å². The third-order valence-corrected chi connectivity index (χ3v) is 5.63. The topological polar surface area (TPSA) is 60.7 Å². The van der Waals surface area contributed by atoms with Crippen molar-refractivity contribution in [3.8, 4) is 5.69 Å². The minimum absolute atomic E-state index is 0. The molecule has 1 unspecified atom stereocenters. The van der Waals surface area contributed by atoms with Crippen LogP contribution >= 0.6 is 24.0 Å². The van der Waals surface area contributed by atoms with Crippen molar-refractivity contribution in [2.75, 3.05) is 46.8 Å².